The Balaban J connectivity index is 2.39. The first kappa shape index (κ1) is 10.7. The molecule has 15 heavy (non-hydrogen) atoms. The van der Waals surface area contributed by atoms with E-state index in [1.807, 2.05) is 0 Å². The number of anilines is 1. The van der Waals surface area contributed by atoms with Crippen molar-refractivity contribution < 1.29 is 0 Å². The lowest BCUT2D eigenvalue weighted by molar-refractivity contribution is 0.762. The van der Waals surface area contributed by atoms with Crippen molar-refractivity contribution in [3.63, 3.8) is 0 Å². The van der Waals surface area contributed by atoms with Crippen molar-refractivity contribution >= 4 is 27.7 Å². The Morgan fingerprint density at radius 3 is 3.00 bits per heavy atom. The summed E-state index contributed by atoms with van der Waals surface area (Å²) < 4.78 is 1.14. The van der Waals surface area contributed by atoms with Gasteiger partial charge in [-0.05, 0) is 49.9 Å². The van der Waals surface area contributed by atoms with Crippen molar-refractivity contribution in [3.05, 3.63) is 33.8 Å². The zero-order valence-electron chi connectivity index (χ0n) is 9.02. The van der Waals surface area contributed by atoms with Crippen molar-refractivity contribution in [1.82, 2.24) is 0 Å². The van der Waals surface area contributed by atoms with Gasteiger partial charge in [0.15, 0.2) is 0 Å². The molecule has 0 spiro atoms. The molecule has 2 heteroatoms. The molecule has 0 saturated heterocycles. The molecule has 1 aliphatic heterocycles. The summed E-state index contributed by atoms with van der Waals surface area (Å²) in [5.74, 6) is 0. The molecule has 1 aliphatic rings. The highest BCUT2D eigenvalue weighted by atomic mass is 79.9. The fourth-order valence-corrected chi connectivity index (χ4v) is 2.28. The zero-order valence-corrected chi connectivity index (χ0v) is 10.6. The number of halogens is 1. The number of nitrogens with one attached hydrogen (secondary N) is 1. The van der Waals surface area contributed by atoms with Gasteiger partial charge in [-0.3, -0.25) is 0 Å². The minimum absolute atomic E-state index is 1.08. The van der Waals surface area contributed by atoms with Gasteiger partial charge in [-0.25, -0.2) is 0 Å². The molecule has 1 aromatic carbocycles. The fraction of sp³-hybridized carbons (Fsp3) is 0.385. The molecule has 0 aromatic heterocycles. The molecule has 0 aliphatic carbocycles. The normalized spacial score (nSPS) is 20.0. The van der Waals surface area contributed by atoms with Gasteiger partial charge in [-0.1, -0.05) is 27.6 Å². The molecule has 1 aromatic rings. The van der Waals surface area contributed by atoms with E-state index in [0.29, 0.717) is 0 Å². The maximum atomic E-state index is 3.52. The van der Waals surface area contributed by atoms with Gasteiger partial charge < -0.3 is 5.32 Å². The van der Waals surface area contributed by atoms with E-state index >= 15 is 0 Å². The van der Waals surface area contributed by atoms with Crippen LogP contribution < -0.4 is 5.32 Å². The molecule has 0 radical (unpaired) electrons. The zero-order chi connectivity index (χ0) is 10.7. The average molecular weight is 266 g/mol. The first-order valence-electron chi connectivity index (χ1n) is 5.46. The maximum Gasteiger partial charge on any atom is 0.0414 e. The predicted molar refractivity (Wildman–Crippen MR) is 70.1 cm³/mol. The van der Waals surface area contributed by atoms with E-state index in [2.05, 4.69) is 52.4 Å². The molecule has 0 fully saturated rings. The number of allylic oxidation sites excluding steroid dienone is 1. The summed E-state index contributed by atoms with van der Waals surface area (Å²) in [6, 6.07) is 6.42. The van der Waals surface area contributed by atoms with Gasteiger partial charge in [-0.15, -0.1) is 0 Å². The van der Waals surface area contributed by atoms with Gasteiger partial charge in [0.05, 0.1) is 0 Å². The van der Waals surface area contributed by atoms with E-state index in [0.717, 1.165) is 11.0 Å². The molecule has 1 nitrogen and oxygen atoms in total. The minimum atomic E-state index is 1.08. The summed E-state index contributed by atoms with van der Waals surface area (Å²) >= 11 is 3.52. The largest absolute Gasteiger partial charge is 0.385 e. The van der Waals surface area contributed by atoms with E-state index in [4.69, 9.17) is 0 Å². The molecule has 80 valence electrons. The highest BCUT2D eigenvalue weighted by Crippen LogP contribution is 2.25. The Bertz CT molecular complexity index is 382. The summed E-state index contributed by atoms with van der Waals surface area (Å²) in [5, 5.41) is 3.49. The van der Waals surface area contributed by atoms with Crippen molar-refractivity contribution in [3.8, 4) is 0 Å². The molecule has 0 bridgehead atoms. The maximum absolute atomic E-state index is 3.52. The number of fused-ring (bicyclic) bond motifs is 1. The van der Waals surface area contributed by atoms with Gasteiger partial charge in [0, 0.05) is 16.7 Å². The third-order valence-corrected chi connectivity index (χ3v) is 3.22. The van der Waals surface area contributed by atoms with Crippen LogP contribution in [0.2, 0.25) is 0 Å². The highest BCUT2D eigenvalue weighted by Gasteiger charge is 2.04. The predicted octanol–water partition coefficient (Wildman–Crippen LogP) is 4.45. The van der Waals surface area contributed by atoms with Crippen LogP contribution in [0.5, 0.6) is 0 Å². The summed E-state index contributed by atoms with van der Waals surface area (Å²) in [6.45, 7) is 3.30. The van der Waals surface area contributed by atoms with E-state index in [9.17, 15) is 0 Å². The van der Waals surface area contributed by atoms with Crippen LogP contribution in [0.4, 0.5) is 5.69 Å². The molecule has 0 saturated carbocycles. The third kappa shape index (κ3) is 2.85. The number of hydrogen-bond donors (Lipinski definition) is 1. The highest BCUT2D eigenvalue weighted by molar-refractivity contribution is 9.10. The molecular weight excluding hydrogens is 250 g/mol. The van der Waals surface area contributed by atoms with Crippen molar-refractivity contribution in [2.45, 2.75) is 26.2 Å². The first-order valence-corrected chi connectivity index (χ1v) is 6.25. The van der Waals surface area contributed by atoms with Gasteiger partial charge in [0.25, 0.3) is 0 Å². The first-order chi connectivity index (χ1) is 7.25. The van der Waals surface area contributed by atoms with Crippen LogP contribution in [0.15, 0.2) is 28.2 Å². The van der Waals surface area contributed by atoms with E-state index in [-0.39, 0.29) is 0 Å². The monoisotopic (exact) mass is 265 g/mol. The molecule has 0 amide bonds. The van der Waals surface area contributed by atoms with Crippen molar-refractivity contribution in [1.29, 1.82) is 0 Å². The molecule has 0 unspecified atom stereocenters. The lowest BCUT2D eigenvalue weighted by atomic mass is 10.1. The Labute approximate surface area is 99.7 Å². The van der Waals surface area contributed by atoms with Gasteiger partial charge in [0.2, 0.25) is 0 Å². The standard InChI is InChI=1S/C13H16BrN/c1-10-4-2-3-7-15-13-6-5-12(14)9-11(13)8-10/h5-6,8-9,15H,2-4,7H2,1H3/b10-8-. The van der Waals surface area contributed by atoms with Gasteiger partial charge in [0.1, 0.15) is 0 Å². The number of rotatable bonds is 0. The van der Waals surface area contributed by atoms with Gasteiger partial charge >= 0.3 is 0 Å². The van der Waals surface area contributed by atoms with Crippen LogP contribution in [-0.2, 0) is 0 Å². The summed E-state index contributed by atoms with van der Waals surface area (Å²) in [5.41, 5.74) is 4.02. The van der Waals surface area contributed by atoms with Crippen molar-refractivity contribution in [2.75, 3.05) is 11.9 Å². The Morgan fingerprint density at radius 2 is 2.13 bits per heavy atom. The molecule has 1 heterocycles. The van der Waals surface area contributed by atoms with Crippen LogP contribution in [0, 0.1) is 0 Å². The quantitative estimate of drug-likeness (QED) is 0.731. The minimum Gasteiger partial charge on any atom is -0.385 e. The topological polar surface area (TPSA) is 12.0 Å². The molecule has 0 atom stereocenters. The van der Waals surface area contributed by atoms with E-state index < -0.39 is 0 Å². The Kier molecular flexibility index (Phi) is 3.47. The third-order valence-electron chi connectivity index (χ3n) is 2.73. The van der Waals surface area contributed by atoms with Crippen LogP contribution in [0.25, 0.3) is 6.08 Å². The summed E-state index contributed by atoms with van der Waals surface area (Å²) in [7, 11) is 0. The van der Waals surface area contributed by atoms with Crippen LogP contribution in [0.1, 0.15) is 31.7 Å². The van der Waals surface area contributed by atoms with E-state index in [1.165, 1.54) is 36.1 Å². The van der Waals surface area contributed by atoms with Gasteiger partial charge in [-0.2, -0.15) is 0 Å². The second-order valence-corrected chi connectivity index (χ2v) is 5.02. The van der Waals surface area contributed by atoms with Crippen LogP contribution in [-0.4, -0.2) is 6.54 Å². The van der Waals surface area contributed by atoms with Crippen LogP contribution in [0.3, 0.4) is 0 Å². The van der Waals surface area contributed by atoms with E-state index in [1.54, 1.807) is 0 Å². The Morgan fingerprint density at radius 1 is 1.27 bits per heavy atom. The number of hydrogen-bond acceptors (Lipinski definition) is 1. The average Bonchev–Trinajstić information content (AvgIpc) is 2.27. The SMILES string of the molecule is C/C1=C/c2cc(Br)ccc2NCCCC1. The summed E-state index contributed by atoms with van der Waals surface area (Å²) in [6.07, 6.45) is 6.04. The fourth-order valence-electron chi connectivity index (χ4n) is 1.90. The molecule has 2 rings (SSSR count). The molecule has 1 N–H and O–H groups in total. The lowest BCUT2D eigenvalue weighted by Crippen LogP contribution is -2.01. The smallest absolute Gasteiger partial charge is 0.0414 e. The number of benzene rings is 1. The van der Waals surface area contributed by atoms with Crippen LogP contribution >= 0.6 is 15.9 Å². The molecular formula is C13H16BrN. The second-order valence-electron chi connectivity index (χ2n) is 4.11. The Hall–Kier alpha value is -0.760. The lowest BCUT2D eigenvalue weighted by Gasteiger charge is -2.08. The summed E-state index contributed by atoms with van der Waals surface area (Å²) in [4.78, 5) is 0. The van der Waals surface area contributed by atoms with Crippen molar-refractivity contribution in [2.24, 2.45) is 0 Å². The second kappa shape index (κ2) is 4.84.